The van der Waals surface area contributed by atoms with Gasteiger partial charge in [0.05, 0.1) is 27.9 Å². The molecule has 10 heteroatoms. The summed E-state index contributed by atoms with van der Waals surface area (Å²) >= 11 is 0. The number of nitriles is 1. The van der Waals surface area contributed by atoms with Gasteiger partial charge in [0, 0.05) is 31.0 Å². The van der Waals surface area contributed by atoms with Crippen molar-refractivity contribution in [1.29, 1.82) is 5.26 Å². The van der Waals surface area contributed by atoms with Crippen LogP contribution in [0.1, 0.15) is 29.5 Å². The minimum atomic E-state index is -4.00. The second-order valence-electron chi connectivity index (χ2n) is 9.43. The van der Waals surface area contributed by atoms with E-state index in [-0.39, 0.29) is 28.0 Å². The summed E-state index contributed by atoms with van der Waals surface area (Å²) in [4.78, 5) is 31.4. The molecule has 0 fully saturated rings. The number of hydrogen-bond acceptors (Lipinski definition) is 6. The summed E-state index contributed by atoms with van der Waals surface area (Å²) in [5.41, 5.74) is 4.10. The second-order valence-corrected chi connectivity index (χ2v) is 11.1. The summed E-state index contributed by atoms with van der Waals surface area (Å²) in [5, 5.41) is 12.0. The van der Waals surface area contributed by atoms with Gasteiger partial charge < -0.3 is 10.2 Å². The molecule has 2 N–H and O–H groups in total. The van der Waals surface area contributed by atoms with Gasteiger partial charge in [-0.3, -0.25) is 19.3 Å². The second kappa shape index (κ2) is 11.1. The van der Waals surface area contributed by atoms with Crippen molar-refractivity contribution < 1.29 is 18.0 Å². The number of anilines is 3. The van der Waals surface area contributed by atoms with Gasteiger partial charge in [0.2, 0.25) is 11.8 Å². The van der Waals surface area contributed by atoms with Crippen LogP contribution in [0.2, 0.25) is 0 Å². The van der Waals surface area contributed by atoms with Crippen LogP contribution in [0, 0.1) is 11.3 Å². The minimum absolute atomic E-state index is 0.0480. The maximum absolute atomic E-state index is 13.3. The fourth-order valence-corrected chi connectivity index (χ4v) is 5.61. The van der Waals surface area contributed by atoms with E-state index in [1.807, 2.05) is 36.4 Å². The standard InChI is InChI=1S/C31H25N5O4S/c1-20(37)36(2)25-14-11-23(12-15-25)33-30(22-8-4-3-5-9-22)29-27-18-24(13-16-28(27)34-31(29)38)35-41(39,40)26-10-6-7-21(17-26)19-32/h3-18,29,35H,1-2H3,(H,34,38). The maximum Gasteiger partial charge on any atom is 0.261 e. The Morgan fingerprint density at radius 1 is 0.976 bits per heavy atom. The van der Waals surface area contributed by atoms with Crippen LogP contribution in [0.3, 0.4) is 0 Å². The molecule has 4 aromatic carbocycles. The first-order valence-electron chi connectivity index (χ1n) is 12.6. The van der Waals surface area contributed by atoms with E-state index < -0.39 is 15.9 Å². The first kappa shape index (κ1) is 27.3. The van der Waals surface area contributed by atoms with E-state index in [0.717, 1.165) is 5.56 Å². The molecule has 0 saturated carbocycles. The smallest absolute Gasteiger partial charge is 0.261 e. The zero-order valence-corrected chi connectivity index (χ0v) is 23.0. The largest absolute Gasteiger partial charge is 0.325 e. The zero-order valence-electron chi connectivity index (χ0n) is 22.2. The van der Waals surface area contributed by atoms with Crippen LogP contribution in [0.5, 0.6) is 0 Å². The predicted molar refractivity (Wildman–Crippen MR) is 158 cm³/mol. The number of carbonyl (C=O) groups excluding carboxylic acids is 2. The van der Waals surface area contributed by atoms with Gasteiger partial charge >= 0.3 is 0 Å². The molecule has 204 valence electrons. The van der Waals surface area contributed by atoms with E-state index in [2.05, 4.69) is 10.0 Å². The molecule has 0 spiro atoms. The molecule has 0 bridgehead atoms. The van der Waals surface area contributed by atoms with Crippen LogP contribution in [-0.4, -0.2) is 33.0 Å². The molecule has 1 unspecified atom stereocenters. The first-order chi connectivity index (χ1) is 19.7. The van der Waals surface area contributed by atoms with E-state index >= 15 is 0 Å². The van der Waals surface area contributed by atoms with Gasteiger partial charge in [-0.1, -0.05) is 36.4 Å². The van der Waals surface area contributed by atoms with Gasteiger partial charge in [-0.2, -0.15) is 5.26 Å². The molecule has 41 heavy (non-hydrogen) atoms. The lowest BCUT2D eigenvalue weighted by atomic mass is 9.90. The third kappa shape index (κ3) is 5.71. The average molecular weight is 564 g/mol. The Labute approximate surface area is 237 Å². The van der Waals surface area contributed by atoms with E-state index in [1.54, 1.807) is 49.5 Å². The number of nitrogens with one attached hydrogen (secondary N) is 2. The number of amides is 2. The van der Waals surface area contributed by atoms with Crippen molar-refractivity contribution in [3.8, 4) is 6.07 Å². The number of hydrogen-bond donors (Lipinski definition) is 2. The van der Waals surface area contributed by atoms with Crippen molar-refractivity contribution in [3.05, 3.63) is 114 Å². The molecule has 9 nitrogen and oxygen atoms in total. The van der Waals surface area contributed by atoms with Crippen molar-refractivity contribution in [1.82, 2.24) is 0 Å². The number of fused-ring (bicyclic) bond motifs is 1. The molecular weight excluding hydrogens is 538 g/mol. The molecular formula is C31H25N5O4S. The Morgan fingerprint density at radius 2 is 1.71 bits per heavy atom. The van der Waals surface area contributed by atoms with Gasteiger partial charge in [-0.05, 0) is 71.8 Å². The minimum Gasteiger partial charge on any atom is -0.325 e. The van der Waals surface area contributed by atoms with E-state index in [4.69, 9.17) is 10.3 Å². The lowest BCUT2D eigenvalue weighted by molar-refractivity contribution is -0.116. The third-order valence-electron chi connectivity index (χ3n) is 6.71. The number of aliphatic imine (C=N–C) groups is 1. The molecule has 2 amide bonds. The molecule has 0 aromatic heterocycles. The fraction of sp³-hybridized carbons (Fsp3) is 0.0968. The number of nitrogens with zero attached hydrogens (tertiary/aromatic N) is 3. The molecule has 0 radical (unpaired) electrons. The average Bonchev–Trinajstić information content (AvgIpc) is 3.30. The summed E-state index contributed by atoms with van der Waals surface area (Å²) in [6.07, 6.45) is 0. The molecule has 1 aliphatic rings. The molecule has 0 saturated heterocycles. The molecule has 0 aliphatic carbocycles. The summed E-state index contributed by atoms with van der Waals surface area (Å²) in [7, 11) is -2.31. The van der Waals surface area contributed by atoms with Crippen molar-refractivity contribution in [2.75, 3.05) is 22.0 Å². The van der Waals surface area contributed by atoms with E-state index in [9.17, 15) is 18.0 Å². The van der Waals surface area contributed by atoms with Gasteiger partial charge in [0.15, 0.2) is 0 Å². The van der Waals surface area contributed by atoms with Gasteiger partial charge in [-0.15, -0.1) is 0 Å². The number of rotatable bonds is 7. The Bertz CT molecular complexity index is 1830. The zero-order chi connectivity index (χ0) is 29.1. The van der Waals surface area contributed by atoms with Crippen LogP contribution in [0.15, 0.2) is 107 Å². The topological polar surface area (TPSA) is 132 Å². The highest BCUT2D eigenvalue weighted by molar-refractivity contribution is 7.92. The number of carbonyl (C=O) groups is 2. The van der Waals surface area contributed by atoms with Crippen LogP contribution in [0.4, 0.5) is 22.7 Å². The highest BCUT2D eigenvalue weighted by Crippen LogP contribution is 2.38. The lowest BCUT2D eigenvalue weighted by Crippen LogP contribution is -2.22. The van der Waals surface area contributed by atoms with Crippen LogP contribution < -0.4 is 14.9 Å². The van der Waals surface area contributed by atoms with E-state index in [1.165, 1.54) is 36.1 Å². The predicted octanol–water partition coefficient (Wildman–Crippen LogP) is 5.20. The van der Waals surface area contributed by atoms with Gasteiger partial charge in [0.1, 0.15) is 5.92 Å². The normalized spacial score (nSPS) is 14.5. The first-order valence-corrected chi connectivity index (χ1v) is 14.1. The Kier molecular flexibility index (Phi) is 7.38. The summed E-state index contributed by atoms with van der Waals surface area (Å²) in [6.45, 7) is 1.48. The van der Waals surface area contributed by atoms with Crippen LogP contribution in [0.25, 0.3) is 0 Å². The molecule has 4 aromatic rings. The summed E-state index contributed by atoms with van der Waals surface area (Å²) in [6, 6.07) is 28.9. The third-order valence-corrected chi connectivity index (χ3v) is 8.09. The molecule has 5 rings (SSSR count). The fourth-order valence-electron chi connectivity index (χ4n) is 4.52. The van der Waals surface area contributed by atoms with Crippen molar-refractivity contribution in [2.24, 2.45) is 4.99 Å². The van der Waals surface area contributed by atoms with Crippen molar-refractivity contribution >= 4 is 50.3 Å². The van der Waals surface area contributed by atoms with E-state index in [0.29, 0.717) is 28.3 Å². The molecule has 1 aliphatic heterocycles. The SMILES string of the molecule is CC(=O)N(C)c1ccc(N=C(c2ccccc2)C2C(=O)Nc3ccc(NS(=O)(=O)c4cccc(C#N)c4)cc32)cc1. The van der Waals surface area contributed by atoms with Crippen LogP contribution in [-0.2, 0) is 19.6 Å². The monoisotopic (exact) mass is 563 g/mol. The van der Waals surface area contributed by atoms with Crippen molar-refractivity contribution in [3.63, 3.8) is 0 Å². The quantitative estimate of drug-likeness (QED) is 0.299. The molecule has 1 heterocycles. The highest BCUT2D eigenvalue weighted by atomic mass is 32.2. The Hall–Kier alpha value is -5.27. The Balaban J connectivity index is 1.54. The summed E-state index contributed by atoms with van der Waals surface area (Å²) in [5.74, 6) is -1.22. The highest BCUT2D eigenvalue weighted by Gasteiger charge is 2.36. The lowest BCUT2D eigenvalue weighted by Gasteiger charge is -2.16. The Morgan fingerprint density at radius 3 is 2.39 bits per heavy atom. The van der Waals surface area contributed by atoms with Gasteiger partial charge in [-0.25, -0.2) is 8.42 Å². The van der Waals surface area contributed by atoms with Gasteiger partial charge in [0.25, 0.3) is 10.0 Å². The maximum atomic E-state index is 13.3. The summed E-state index contributed by atoms with van der Waals surface area (Å²) < 4.78 is 28.7. The van der Waals surface area contributed by atoms with Crippen LogP contribution >= 0.6 is 0 Å². The number of benzene rings is 4. The van der Waals surface area contributed by atoms with Crippen molar-refractivity contribution in [2.45, 2.75) is 17.7 Å². The number of sulfonamides is 1. The molecule has 1 atom stereocenters.